The summed E-state index contributed by atoms with van der Waals surface area (Å²) in [6.45, 7) is 3.20. The lowest BCUT2D eigenvalue weighted by atomic mass is 9.97. The van der Waals surface area contributed by atoms with Crippen molar-refractivity contribution in [2.24, 2.45) is 0 Å². The van der Waals surface area contributed by atoms with Gasteiger partial charge in [-0.25, -0.2) is 0 Å². The first-order valence-corrected chi connectivity index (χ1v) is 4.63. The smallest absolute Gasteiger partial charge is 0.0991 e. The minimum atomic E-state index is 0.586. The number of nitrogens with zero attached hydrogens (tertiary/aromatic N) is 1. The summed E-state index contributed by atoms with van der Waals surface area (Å²) in [6.07, 6.45) is 1.13. The molecule has 1 unspecified atom stereocenters. The zero-order chi connectivity index (χ0) is 9.26. The molecule has 1 heterocycles. The van der Waals surface area contributed by atoms with Crippen LogP contribution in [0.25, 0.3) is 0 Å². The number of hydrogen-bond donors (Lipinski definition) is 1. The average Bonchev–Trinajstić information content (AvgIpc) is 2.59. The molecule has 1 aliphatic heterocycles. The Hall–Kier alpha value is -1.49. The van der Waals surface area contributed by atoms with Crippen LogP contribution >= 0.6 is 0 Å². The van der Waals surface area contributed by atoms with Crippen LogP contribution in [0.1, 0.15) is 30.4 Å². The summed E-state index contributed by atoms with van der Waals surface area (Å²) in [5, 5.41) is 12.1. The number of nitrogens with one attached hydrogen (secondary N) is 1. The normalized spacial score (nSPS) is 18.9. The minimum Gasteiger partial charge on any atom is -0.384 e. The maximum Gasteiger partial charge on any atom is 0.0991 e. The first-order valence-electron chi connectivity index (χ1n) is 4.63. The molecule has 2 heteroatoms. The maximum absolute atomic E-state index is 8.76. The van der Waals surface area contributed by atoms with Gasteiger partial charge in [0.2, 0.25) is 0 Å². The Morgan fingerprint density at radius 3 is 3.15 bits per heavy atom. The highest BCUT2D eigenvalue weighted by atomic mass is 14.9. The van der Waals surface area contributed by atoms with E-state index in [0.29, 0.717) is 5.92 Å². The summed E-state index contributed by atoms with van der Waals surface area (Å²) in [4.78, 5) is 0. The van der Waals surface area contributed by atoms with E-state index in [-0.39, 0.29) is 0 Å². The SMILES string of the molecule is CCC1CNc2ccc(C#N)cc21. The largest absolute Gasteiger partial charge is 0.384 e. The van der Waals surface area contributed by atoms with Gasteiger partial charge in [0.25, 0.3) is 0 Å². The lowest BCUT2D eigenvalue weighted by molar-refractivity contribution is 0.727. The van der Waals surface area contributed by atoms with Crippen LogP contribution < -0.4 is 5.32 Å². The number of anilines is 1. The molecular weight excluding hydrogens is 160 g/mol. The van der Waals surface area contributed by atoms with Crippen LogP contribution in [0.3, 0.4) is 0 Å². The van der Waals surface area contributed by atoms with Crippen molar-refractivity contribution in [1.29, 1.82) is 5.26 Å². The summed E-state index contributed by atoms with van der Waals surface area (Å²) in [5.74, 6) is 0.586. The molecule has 0 aromatic heterocycles. The molecule has 2 nitrogen and oxygen atoms in total. The lowest BCUT2D eigenvalue weighted by Gasteiger charge is -2.05. The third-order valence-electron chi connectivity index (χ3n) is 2.65. The van der Waals surface area contributed by atoms with Crippen LogP contribution in [0.15, 0.2) is 18.2 Å². The molecule has 1 atom stereocenters. The highest BCUT2D eigenvalue weighted by Gasteiger charge is 2.20. The van der Waals surface area contributed by atoms with Crippen molar-refractivity contribution in [3.05, 3.63) is 29.3 Å². The van der Waals surface area contributed by atoms with Crippen LogP contribution in [0.2, 0.25) is 0 Å². The molecular formula is C11H12N2. The number of benzene rings is 1. The zero-order valence-corrected chi connectivity index (χ0v) is 7.67. The van der Waals surface area contributed by atoms with Gasteiger partial charge in [0, 0.05) is 18.2 Å². The number of hydrogen-bond acceptors (Lipinski definition) is 2. The van der Waals surface area contributed by atoms with Crippen molar-refractivity contribution in [2.75, 3.05) is 11.9 Å². The molecule has 0 saturated carbocycles. The van der Waals surface area contributed by atoms with Crippen LogP contribution in [-0.4, -0.2) is 6.54 Å². The topological polar surface area (TPSA) is 35.8 Å². The van der Waals surface area contributed by atoms with Gasteiger partial charge in [-0.2, -0.15) is 5.26 Å². The second-order valence-corrected chi connectivity index (χ2v) is 3.40. The molecule has 1 aromatic carbocycles. The highest BCUT2D eigenvalue weighted by Crippen LogP contribution is 2.33. The number of nitriles is 1. The van der Waals surface area contributed by atoms with E-state index in [1.165, 1.54) is 11.3 Å². The summed E-state index contributed by atoms with van der Waals surface area (Å²) < 4.78 is 0. The van der Waals surface area contributed by atoms with Crippen molar-refractivity contribution in [1.82, 2.24) is 0 Å². The van der Waals surface area contributed by atoms with E-state index in [0.717, 1.165) is 18.5 Å². The molecule has 0 radical (unpaired) electrons. The zero-order valence-electron chi connectivity index (χ0n) is 7.67. The van der Waals surface area contributed by atoms with Crippen LogP contribution in [0.4, 0.5) is 5.69 Å². The summed E-state index contributed by atoms with van der Waals surface area (Å²) in [5.41, 5.74) is 3.27. The Labute approximate surface area is 78.2 Å². The van der Waals surface area contributed by atoms with Gasteiger partial charge in [-0.15, -0.1) is 0 Å². The maximum atomic E-state index is 8.76. The third-order valence-corrected chi connectivity index (χ3v) is 2.65. The van der Waals surface area contributed by atoms with E-state index in [1.54, 1.807) is 0 Å². The first kappa shape index (κ1) is 8.12. The summed E-state index contributed by atoms with van der Waals surface area (Å²) in [6, 6.07) is 8.05. The Morgan fingerprint density at radius 1 is 1.62 bits per heavy atom. The van der Waals surface area contributed by atoms with Crippen molar-refractivity contribution < 1.29 is 0 Å². The number of rotatable bonds is 1. The molecule has 1 N–H and O–H groups in total. The molecule has 2 rings (SSSR count). The van der Waals surface area contributed by atoms with Gasteiger partial charge in [0.15, 0.2) is 0 Å². The average molecular weight is 172 g/mol. The molecule has 0 aliphatic carbocycles. The molecule has 0 spiro atoms. The van der Waals surface area contributed by atoms with Gasteiger partial charge < -0.3 is 5.32 Å². The Bertz CT molecular complexity index is 363. The molecule has 0 fully saturated rings. The van der Waals surface area contributed by atoms with E-state index < -0.39 is 0 Å². The highest BCUT2D eigenvalue weighted by molar-refractivity contribution is 5.60. The molecule has 0 amide bonds. The van der Waals surface area contributed by atoms with Crippen molar-refractivity contribution in [3.63, 3.8) is 0 Å². The predicted octanol–water partition coefficient (Wildman–Crippen LogP) is 2.48. The molecule has 1 aliphatic rings. The minimum absolute atomic E-state index is 0.586. The Balaban J connectivity index is 2.44. The fourth-order valence-corrected chi connectivity index (χ4v) is 1.84. The molecule has 0 bridgehead atoms. The van der Waals surface area contributed by atoms with E-state index in [2.05, 4.69) is 18.3 Å². The molecule has 0 saturated heterocycles. The van der Waals surface area contributed by atoms with E-state index in [1.807, 2.05) is 18.2 Å². The van der Waals surface area contributed by atoms with Crippen molar-refractivity contribution >= 4 is 5.69 Å². The second kappa shape index (κ2) is 3.10. The van der Waals surface area contributed by atoms with Gasteiger partial charge in [-0.1, -0.05) is 6.92 Å². The quantitative estimate of drug-likeness (QED) is 0.706. The van der Waals surface area contributed by atoms with Gasteiger partial charge in [-0.05, 0) is 30.2 Å². The van der Waals surface area contributed by atoms with Crippen molar-refractivity contribution in [3.8, 4) is 6.07 Å². The number of fused-ring (bicyclic) bond motifs is 1. The fraction of sp³-hybridized carbons (Fsp3) is 0.364. The van der Waals surface area contributed by atoms with Gasteiger partial charge in [0.1, 0.15) is 0 Å². The first-order chi connectivity index (χ1) is 6.35. The van der Waals surface area contributed by atoms with E-state index in [4.69, 9.17) is 5.26 Å². The van der Waals surface area contributed by atoms with Crippen LogP contribution in [0.5, 0.6) is 0 Å². The predicted molar refractivity (Wildman–Crippen MR) is 52.7 cm³/mol. The second-order valence-electron chi connectivity index (χ2n) is 3.40. The Kier molecular flexibility index (Phi) is 1.94. The molecule has 13 heavy (non-hydrogen) atoms. The summed E-state index contributed by atoms with van der Waals surface area (Å²) >= 11 is 0. The standard InChI is InChI=1S/C11H12N2/c1-2-9-7-13-11-4-3-8(6-12)5-10(9)11/h3-5,9,13H,2,7H2,1H3. The summed E-state index contributed by atoms with van der Waals surface area (Å²) in [7, 11) is 0. The van der Waals surface area contributed by atoms with Gasteiger partial charge >= 0.3 is 0 Å². The Morgan fingerprint density at radius 2 is 2.46 bits per heavy atom. The molecule has 66 valence electrons. The molecule has 1 aromatic rings. The van der Waals surface area contributed by atoms with Gasteiger partial charge in [0.05, 0.1) is 11.6 Å². The monoisotopic (exact) mass is 172 g/mol. The van der Waals surface area contributed by atoms with Gasteiger partial charge in [-0.3, -0.25) is 0 Å². The van der Waals surface area contributed by atoms with Crippen molar-refractivity contribution in [2.45, 2.75) is 19.3 Å². The van der Waals surface area contributed by atoms with Crippen LogP contribution in [-0.2, 0) is 0 Å². The lowest BCUT2D eigenvalue weighted by Crippen LogP contribution is -1.99. The van der Waals surface area contributed by atoms with Crippen LogP contribution in [0, 0.1) is 11.3 Å². The van der Waals surface area contributed by atoms with E-state index in [9.17, 15) is 0 Å². The third kappa shape index (κ3) is 1.27. The van der Waals surface area contributed by atoms with E-state index >= 15 is 0 Å². The fourth-order valence-electron chi connectivity index (χ4n) is 1.84.